The van der Waals surface area contributed by atoms with Crippen molar-refractivity contribution in [3.63, 3.8) is 0 Å². The van der Waals surface area contributed by atoms with Crippen molar-refractivity contribution >= 4 is 12.2 Å². The van der Waals surface area contributed by atoms with Crippen molar-refractivity contribution in [2.75, 3.05) is 6.61 Å². The number of benzene rings is 1. The van der Waals surface area contributed by atoms with Gasteiger partial charge in [0.15, 0.2) is 0 Å². The molecule has 1 rings (SSSR count). The number of ether oxygens (including phenoxy) is 2. The molecule has 0 saturated heterocycles. The Kier molecular flexibility index (Phi) is 5.05. The molecule has 0 aliphatic rings. The lowest BCUT2D eigenvalue weighted by molar-refractivity contribution is 0.104. The van der Waals surface area contributed by atoms with E-state index in [4.69, 9.17) is 9.47 Å². The van der Waals surface area contributed by atoms with Gasteiger partial charge in [-0.1, -0.05) is 11.6 Å². The summed E-state index contributed by atoms with van der Waals surface area (Å²) in [5, 5.41) is 0. The molecule has 0 unspecified atom stereocenters. The molecule has 0 fully saturated rings. The zero-order valence-corrected chi connectivity index (χ0v) is 10.3. The fourth-order valence-electron chi connectivity index (χ4n) is 1.28. The molecule has 0 heterocycles. The highest BCUT2D eigenvalue weighted by molar-refractivity contribution is 5.68. The molecule has 0 radical (unpaired) electrons. The summed E-state index contributed by atoms with van der Waals surface area (Å²) in [6, 6.07) is 5.54. The predicted octanol–water partition coefficient (Wildman–Crippen LogP) is 3.72. The summed E-state index contributed by atoms with van der Waals surface area (Å²) in [5.74, 6) is 0.475. The molecular weight excluding hydrogens is 216 g/mol. The number of carbonyl (C=O) groups excluding carboxylic acids is 1. The smallest absolute Gasteiger partial charge is 0.434 e. The van der Waals surface area contributed by atoms with Crippen molar-refractivity contribution < 1.29 is 14.3 Å². The summed E-state index contributed by atoms with van der Waals surface area (Å²) >= 11 is 0. The van der Waals surface area contributed by atoms with Gasteiger partial charge in [-0.3, -0.25) is 0 Å². The summed E-state index contributed by atoms with van der Waals surface area (Å²) in [6.45, 7) is 5.88. The van der Waals surface area contributed by atoms with Crippen LogP contribution in [-0.4, -0.2) is 12.8 Å². The second-order valence-electron chi connectivity index (χ2n) is 3.43. The third-order valence-electron chi connectivity index (χ3n) is 2.03. The quantitative estimate of drug-likeness (QED) is 0.452. The average molecular weight is 232 g/mol. The van der Waals surface area contributed by atoms with Crippen LogP contribution >= 0.6 is 0 Å². The molecule has 0 atom stereocenters. The number of allylic oxidation sites excluding steroid dienone is 1. The highest BCUT2D eigenvalue weighted by Crippen LogP contribution is 2.21. The predicted molar refractivity (Wildman–Crippen MR) is 67.1 cm³/mol. The molecule has 0 amide bonds. The molecule has 1 aromatic rings. The summed E-state index contributed by atoms with van der Waals surface area (Å²) in [5.41, 5.74) is 4.85. The van der Waals surface area contributed by atoms with E-state index in [0.29, 0.717) is 12.4 Å². The van der Waals surface area contributed by atoms with Crippen LogP contribution in [0.5, 0.6) is 5.75 Å². The number of aryl methyl sites for hydroxylation is 1. The summed E-state index contributed by atoms with van der Waals surface area (Å²) < 4.78 is 9.82. The minimum Gasteiger partial charge on any atom is -0.434 e. The summed E-state index contributed by atoms with van der Waals surface area (Å²) in [4.78, 5) is 11.2. The Balaban J connectivity index is 2.98. The number of rotatable bonds is 3. The van der Waals surface area contributed by atoms with Crippen LogP contribution in [0.25, 0.3) is 6.08 Å². The molecule has 0 N–H and O–H groups in total. The second kappa shape index (κ2) is 6.56. The Morgan fingerprint density at radius 3 is 2.88 bits per heavy atom. The van der Waals surface area contributed by atoms with E-state index in [1.165, 1.54) is 0 Å². The van der Waals surface area contributed by atoms with Crippen molar-refractivity contribution in [3.8, 4) is 5.75 Å². The largest absolute Gasteiger partial charge is 0.513 e. The van der Waals surface area contributed by atoms with Crippen LogP contribution in [0, 0.1) is 6.92 Å². The van der Waals surface area contributed by atoms with Gasteiger partial charge < -0.3 is 9.47 Å². The normalized spacial score (nSPS) is 9.12. The van der Waals surface area contributed by atoms with Crippen molar-refractivity contribution in [1.29, 1.82) is 0 Å². The standard InChI is InChI=1S/C14H16O3/c1-4-6-7-12-10-11(3)8-9-13(12)17-14(15)16-5-2/h4,7-10H,5H2,1-3H3. The maximum absolute atomic E-state index is 11.2. The van der Waals surface area contributed by atoms with Crippen LogP contribution < -0.4 is 4.74 Å². The third kappa shape index (κ3) is 4.17. The van der Waals surface area contributed by atoms with Crippen LogP contribution in [-0.2, 0) is 4.74 Å². The molecule has 0 aliphatic heterocycles. The van der Waals surface area contributed by atoms with Crippen molar-refractivity contribution in [3.05, 3.63) is 41.1 Å². The Morgan fingerprint density at radius 1 is 1.47 bits per heavy atom. The minimum atomic E-state index is -0.688. The molecular formula is C14H16O3. The van der Waals surface area contributed by atoms with Crippen LogP contribution in [0.15, 0.2) is 30.0 Å². The van der Waals surface area contributed by atoms with E-state index in [0.717, 1.165) is 11.1 Å². The zero-order chi connectivity index (χ0) is 12.7. The van der Waals surface area contributed by atoms with E-state index in [1.807, 2.05) is 26.0 Å². The van der Waals surface area contributed by atoms with Crippen LogP contribution in [0.3, 0.4) is 0 Å². The van der Waals surface area contributed by atoms with E-state index >= 15 is 0 Å². The lowest BCUT2D eigenvalue weighted by atomic mass is 10.1. The topological polar surface area (TPSA) is 35.5 Å². The van der Waals surface area contributed by atoms with Gasteiger partial charge in [-0.25, -0.2) is 4.79 Å². The fraction of sp³-hybridized carbons (Fsp3) is 0.286. The SMILES string of the molecule is CC=C=Cc1cc(C)ccc1OC(=O)OCC. The maximum atomic E-state index is 11.2. The molecule has 17 heavy (non-hydrogen) atoms. The Bertz CT molecular complexity index is 455. The van der Waals surface area contributed by atoms with E-state index in [1.54, 1.807) is 25.1 Å². The molecule has 3 nitrogen and oxygen atoms in total. The molecule has 90 valence electrons. The van der Waals surface area contributed by atoms with Gasteiger partial charge in [-0.05, 0) is 45.1 Å². The Labute approximate surface area is 101 Å². The second-order valence-corrected chi connectivity index (χ2v) is 3.43. The van der Waals surface area contributed by atoms with Gasteiger partial charge in [-0.2, -0.15) is 0 Å². The first kappa shape index (κ1) is 13.1. The first-order valence-electron chi connectivity index (χ1n) is 5.49. The van der Waals surface area contributed by atoms with E-state index in [-0.39, 0.29) is 0 Å². The monoisotopic (exact) mass is 232 g/mol. The molecule has 3 heteroatoms. The first-order valence-corrected chi connectivity index (χ1v) is 5.49. The summed E-state index contributed by atoms with van der Waals surface area (Å²) in [6.07, 6.45) is 2.87. The molecule has 0 spiro atoms. The summed E-state index contributed by atoms with van der Waals surface area (Å²) in [7, 11) is 0. The van der Waals surface area contributed by atoms with Gasteiger partial charge in [-0.15, -0.1) is 5.73 Å². The molecule has 0 aliphatic carbocycles. The van der Waals surface area contributed by atoms with Crippen LogP contribution in [0.1, 0.15) is 25.0 Å². The number of hydrogen-bond acceptors (Lipinski definition) is 3. The van der Waals surface area contributed by atoms with Gasteiger partial charge in [0.1, 0.15) is 5.75 Å². The molecule has 0 aromatic heterocycles. The molecule has 0 bridgehead atoms. The van der Waals surface area contributed by atoms with Crippen molar-refractivity contribution in [1.82, 2.24) is 0 Å². The van der Waals surface area contributed by atoms with E-state index < -0.39 is 6.16 Å². The van der Waals surface area contributed by atoms with Gasteiger partial charge in [0, 0.05) is 5.56 Å². The third-order valence-corrected chi connectivity index (χ3v) is 2.03. The molecule has 0 saturated carbocycles. The van der Waals surface area contributed by atoms with E-state index in [2.05, 4.69) is 5.73 Å². The van der Waals surface area contributed by atoms with Crippen LogP contribution in [0.2, 0.25) is 0 Å². The van der Waals surface area contributed by atoms with Crippen molar-refractivity contribution in [2.45, 2.75) is 20.8 Å². The fourth-order valence-corrected chi connectivity index (χ4v) is 1.28. The average Bonchev–Trinajstić information content (AvgIpc) is 2.30. The highest BCUT2D eigenvalue weighted by Gasteiger charge is 2.08. The minimum absolute atomic E-state index is 0.296. The van der Waals surface area contributed by atoms with Crippen LogP contribution in [0.4, 0.5) is 4.79 Å². The van der Waals surface area contributed by atoms with Gasteiger partial charge >= 0.3 is 6.16 Å². The lowest BCUT2D eigenvalue weighted by Crippen LogP contribution is -2.10. The van der Waals surface area contributed by atoms with Gasteiger partial charge in [0.25, 0.3) is 0 Å². The number of hydrogen-bond donors (Lipinski definition) is 0. The highest BCUT2D eigenvalue weighted by atomic mass is 16.7. The lowest BCUT2D eigenvalue weighted by Gasteiger charge is -2.07. The maximum Gasteiger partial charge on any atom is 0.513 e. The number of carbonyl (C=O) groups is 1. The molecule has 1 aromatic carbocycles. The Hall–Kier alpha value is -1.99. The van der Waals surface area contributed by atoms with E-state index in [9.17, 15) is 4.79 Å². The first-order chi connectivity index (χ1) is 8.17. The van der Waals surface area contributed by atoms with Gasteiger partial charge in [0.2, 0.25) is 0 Å². The van der Waals surface area contributed by atoms with Gasteiger partial charge in [0.05, 0.1) is 6.61 Å². The zero-order valence-electron chi connectivity index (χ0n) is 10.3. The Morgan fingerprint density at radius 2 is 2.24 bits per heavy atom. The van der Waals surface area contributed by atoms with Crippen molar-refractivity contribution in [2.24, 2.45) is 0 Å².